The first-order valence-electron chi connectivity index (χ1n) is 19.7. The van der Waals surface area contributed by atoms with Crippen LogP contribution < -0.4 is 19.7 Å². The molecule has 1 saturated carbocycles. The van der Waals surface area contributed by atoms with Crippen LogP contribution in [0.25, 0.3) is 0 Å². The van der Waals surface area contributed by atoms with Crippen molar-refractivity contribution in [2.24, 2.45) is 23.7 Å². The maximum Gasteiger partial charge on any atom is 0.264 e. The normalized spacial score (nSPS) is 29.8. The van der Waals surface area contributed by atoms with Gasteiger partial charge in [0.05, 0.1) is 30.7 Å². The van der Waals surface area contributed by atoms with Gasteiger partial charge in [0.25, 0.3) is 5.91 Å². The van der Waals surface area contributed by atoms with E-state index in [4.69, 9.17) is 21.1 Å². The molecule has 5 aliphatic rings. The zero-order valence-corrected chi connectivity index (χ0v) is 33.6. The number of carbonyl (C=O) groups excluding carboxylic acids is 3. The Balaban J connectivity index is 0.000000354. The second-order valence-electron chi connectivity index (χ2n) is 16.1. The lowest BCUT2D eigenvalue weighted by molar-refractivity contribution is -0.130. The Bertz CT molecular complexity index is 1780. The molecule has 2 fully saturated rings. The Labute approximate surface area is 325 Å². The van der Waals surface area contributed by atoms with Crippen molar-refractivity contribution >= 4 is 45.4 Å². The minimum atomic E-state index is -3.89. The molecule has 54 heavy (non-hydrogen) atoms. The summed E-state index contributed by atoms with van der Waals surface area (Å²) in [6.07, 6.45) is 9.47. The number of sulfonamides is 1. The van der Waals surface area contributed by atoms with Gasteiger partial charge >= 0.3 is 0 Å². The van der Waals surface area contributed by atoms with E-state index in [1.54, 1.807) is 32.2 Å². The zero-order chi connectivity index (χ0) is 38.5. The van der Waals surface area contributed by atoms with Crippen LogP contribution in [0.5, 0.6) is 5.75 Å². The summed E-state index contributed by atoms with van der Waals surface area (Å²) in [4.78, 5) is 41.2. The lowest BCUT2D eigenvalue weighted by Crippen LogP contribution is -2.49. The number of amides is 2. The first-order valence-corrected chi connectivity index (χ1v) is 21.7. The summed E-state index contributed by atoms with van der Waals surface area (Å²) in [6, 6.07) is 11.4. The van der Waals surface area contributed by atoms with Gasteiger partial charge in [-0.2, -0.15) is 0 Å². The number of halogens is 1. The number of aryl methyl sites for hydroxylation is 1. The molecule has 2 aromatic rings. The zero-order valence-electron chi connectivity index (χ0n) is 32.0. The molecule has 3 heterocycles. The van der Waals surface area contributed by atoms with Gasteiger partial charge in [-0.1, -0.05) is 31.0 Å². The first kappa shape index (κ1) is 40.5. The third kappa shape index (κ3) is 9.09. The van der Waals surface area contributed by atoms with E-state index in [0.29, 0.717) is 55.9 Å². The molecule has 1 spiro atoms. The van der Waals surface area contributed by atoms with E-state index in [1.165, 1.54) is 11.1 Å². The Kier molecular flexibility index (Phi) is 13.3. The summed E-state index contributed by atoms with van der Waals surface area (Å²) in [5.74, 6) is 0.743. The first-order chi connectivity index (χ1) is 25.9. The second-order valence-corrected chi connectivity index (χ2v) is 18.6. The fourth-order valence-electron chi connectivity index (χ4n) is 9.07. The predicted molar refractivity (Wildman–Crippen MR) is 211 cm³/mol. The molecular weight excluding hydrogens is 728 g/mol. The molecule has 11 nitrogen and oxygen atoms in total. The molecular formula is C41H57ClN4O7S. The van der Waals surface area contributed by atoms with Crippen molar-refractivity contribution in [1.29, 1.82) is 0 Å². The highest BCUT2D eigenvalue weighted by Gasteiger charge is 2.44. The molecule has 2 N–H and O–H groups in total. The monoisotopic (exact) mass is 784 g/mol. The molecule has 2 aromatic carbocycles. The van der Waals surface area contributed by atoms with Crippen molar-refractivity contribution in [1.82, 2.24) is 14.9 Å². The third-order valence-corrected chi connectivity index (χ3v) is 14.8. The van der Waals surface area contributed by atoms with Crippen LogP contribution in [0.1, 0.15) is 86.7 Å². The largest absolute Gasteiger partial charge is 0.490 e. The molecule has 2 amide bonds. The van der Waals surface area contributed by atoms with Crippen molar-refractivity contribution in [3.05, 3.63) is 58.1 Å². The summed E-state index contributed by atoms with van der Waals surface area (Å²) in [5.41, 5.74) is 3.37. The van der Waals surface area contributed by atoms with E-state index < -0.39 is 21.2 Å². The number of nitrogens with zero attached hydrogens (tertiary/aromatic N) is 2. The van der Waals surface area contributed by atoms with Crippen molar-refractivity contribution in [2.75, 3.05) is 64.5 Å². The van der Waals surface area contributed by atoms with Gasteiger partial charge in [-0.05, 0) is 124 Å². The summed E-state index contributed by atoms with van der Waals surface area (Å²) in [7, 11) is -2.24. The van der Waals surface area contributed by atoms with Gasteiger partial charge in [0.2, 0.25) is 15.9 Å². The van der Waals surface area contributed by atoms with Gasteiger partial charge in [0.1, 0.15) is 12.0 Å². The number of fused-ring (bicyclic) bond motifs is 4. The lowest BCUT2D eigenvalue weighted by atomic mass is 9.65. The highest BCUT2D eigenvalue weighted by atomic mass is 35.5. The molecule has 1 saturated heterocycles. The van der Waals surface area contributed by atoms with Crippen molar-refractivity contribution in [3.8, 4) is 5.75 Å². The smallest absolute Gasteiger partial charge is 0.264 e. The number of carbonyl (C=O) groups is 3. The van der Waals surface area contributed by atoms with Gasteiger partial charge in [0, 0.05) is 55.2 Å². The van der Waals surface area contributed by atoms with Crippen LogP contribution in [-0.2, 0) is 36.2 Å². The number of hydrogen-bond donors (Lipinski definition) is 2. The molecule has 3 aliphatic heterocycles. The summed E-state index contributed by atoms with van der Waals surface area (Å²) >= 11 is 6.39. The van der Waals surface area contributed by atoms with Gasteiger partial charge in [-0.3, -0.25) is 9.59 Å². The Morgan fingerprint density at radius 1 is 1.06 bits per heavy atom. The van der Waals surface area contributed by atoms with Gasteiger partial charge < -0.3 is 29.4 Å². The van der Waals surface area contributed by atoms with E-state index >= 15 is 0 Å². The number of methoxy groups -OCH3 is 1. The third-order valence-electron chi connectivity index (χ3n) is 12.7. The van der Waals surface area contributed by atoms with Crippen LogP contribution >= 0.6 is 11.6 Å². The van der Waals surface area contributed by atoms with Crippen LogP contribution in [0.4, 0.5) is 5.69 Å². The maximum absolute atomic E-state index is 13.3. The molecule has 1 unspecified atom stereocenters. The van der Waals surface area contributed by atoms with Crippen LogP contribution in [0.3, 0.4) is 0 Å². The average Bonchev–Trinajstić information content (AvgIpc) is 3.44. The number of aldehydes is 1. The molecule has 0 radical (unpaired) electrons. The molecule has 296 valence electrons. The minimum Gasteiger partial charge on any atom is -0.490 e. The summed E-state index contributed by atoms with van der Waals surface area (Å²) in [6.45, 7) is 9.16. The maximum atomic E-state index is 13.3. The van der Waals surface area contributed by atoms with Gasteiger partial charge in [-0.25, -0.2) is 13.1 Å². The fraction of sp³-hybridized carbons (Fsp3) is 0.634. The van der Waals surface area contributed by atoms with E-state index in [0.717, 1.165) is 94.5 Å². The molecule has 6 atom stereocenters. The van der Waals surface area contributed by atoms with E-state index in [2.05, 4.69) is 27.1 Å². The fourth-order valence-corrected chi connectivity index (χ4v) is 10.6. The lowest BCUT2D eigenvalue weighted by Gasteiger charge is -2.46. The van der Waals surface area contributed by atoms with Crippen molar-refractivity contribution in [3.63, 3.8) is 0 Å². The molecule has 0 aromatic heterocycles. The summed E-state index contributed by atoms with van der Waals surface area (Å²) in [5, 5.41) is 3.07. The SMILES string of the molecule is COCCN1CCCNCC1=O.C[C@@H]1[C@@H](C)CCCC(C=O)[C@@H]2CC[C@H]2CN2C[C@@]3(CCCc4cc(Cl)ccc43)COc3ccc(cc32)C(=O)NS1(=O)=O. The van der Waals surface area contributed by atoms with Gasteiger partial charge in [-0.15, -0.1) is 0 Å². The van der Waals surface area contributed by atoms with Crippen molar-refractivity contribution < 1.29 is 32.3 Å². The predicted octanol–water partition coefficient (Wildman–Crippen LogP) is 5.38. The van der Waals surface area contributed by atoms with Crippen LogP contribution in [0, 0.1) is 23.7 Å². The van der Waals surface area contributed by atoms with Crippen LogP contribution in [0.15, 0.2) is 36.4 Å². The molecule has 2 aliphatic carbocycles. The Morgan fingerprint density at radius 2 is 1.89 bits per heavy atom. The number of nitrogens with one attached hydrogen (secondary N) is 2. The van der Waals surface area contributed by atoms with E-state index in [9.17, 15) is 22.8 Å². The molecule has 13 heteroatoms. The number of anilines is 1. The van der Waals surface area contributed by atoms with Crippen LogP contribution in [0.2, 0.25) is 5.02 Å². The average molecular weight is 785 g/mol. The van der Waals surface area contributed by atoms with Gasteiger partial charge in [0.15, 0.2) is 0 Å². The Hall–Kier alpha value is -3.19. The topological polar surface area (TPSA) is 134 Å². The summed E-state index contributed by atoms with van der Waals surface area (Å²) < 4.78 is 40.2. The highest BCUT2D eigenvalue weighted by molar-refractivity contribution is 7.90. The highest BCUT2D eigenvalue weighted by Crippen LogP contribution is 2.47. The van der Waals surface area contributed by atoms with Crippen LogP contribution in [-0.4, -0.2) is 96.3 Å². The Morgan fingerprint density at radius 3 is 2.65 bits per heavy atom. The quantitative estimate of drug-likeness (QED) is 0.393. The van der Waals surface area contributed by atoms with E-state index in [1.807, 2.05) is 17.9 Å². The van der Waals surface area contributed by atoms with E-state index in [-0.39, 0.29) is 23.2 Å². The molecule has 2 bridgehead atoms. The van der Waals surface area contributed by atoms with Crippen molar-refractivity contribution in [2.45, 2.75) is 82.3 Å². The number of hydrogen-bond acceptors (Lipinski definition) is 9. The second kappa shape index (κ2) is 17.7. The standard InChI is InChI=1S/C33H41ClN2O5S.C8H16N2O2/c1-21-5-3-6-26(18-37)28-11-8-25(28)17-36-19-33(14-4-7-23-15-27(34)10-12-29(23)33)20-41-31-13-9-24(16-30(31)36)32(38)35-42(39,40)22(21)2;1-12-6-5-10-4-2-3-9-7-8(10)11/h9-10,12-13,15-16,18,21-22,25-26,28H,3-8,11,14,17,19-20H2,1-2H3,(H,35,38);9H,2-7H2,1H3/t21-,22+,25-,26?,28+,33-;/m0./s1. The number of rotatable bonds is 4. The number of benzene rings is 2. The molecule has 7 rings (SSSR count). The number of ether oxygens (including phenoxy) is 2. The minimum absolute atomic E-state index is 0.0315.